The maximum absolute atomic E-state index is 2.45. The largest absolute Gasteiger partial charge is 0.311 e. The Morgan fingerprint density at radius 2 is 1.19 bits per heavy atom. The van der Waals surface area contributed by atoms with E-state index in [-0.39, 0.29) is 5.41 Å². The minimum absolute atomic E-state index is 0.0674. The molecule has 0 saturated carbocycles. The zero-order valence-corrected chi connectivity index (χ0v) is 27.4. The fraction of sp³-hybridized carbons (Fsp3) is 0.106. The van der Waals surface area contributed by atoms with Crippen LogP contribution in [0.4, 0.5) is 11.4 Å². The van der Waals surface area contributed by atoms with Gasteiger partial charge in [0.2, 0.25) is 0 Å². The van der Waals surface area contributed by atoms with E-state index in [4.69, 9.17) is 0 Å². The molecule has 0 N–H and O–H groups in total. The smallest absolute Gasteiger partial charge is 0.0464 e. The van der Waals surface area contributed by atoms with Gasteiger partial charge in [-0.3, -0.25) is 0 Å². The van der Waals surface area contributed by atoms with Crippen molar-refractivity contribution in [1.29, 1.82) is 0 Å². The fourth-order valence-corrected chi connectivity index (χ4v) is 8.10. The van der Waals surface area contributed by atoms with Crippen LogP contribution in [-0.2, 0) is 5.41 Å². The summed E-state index contributed by atoms with van der Waals surface area (Å²) in [6.45, 7) is 4.72. The van der Waals surface area contributed by atoms with Gasteiger partial charge in [0.15, 0.2) is 0 Å². The predicted octanol–water partition coefficient (Wildman–Crippen LogP) is 12.7. The molecular formula is C47H37N. The van der Waals surface area contributed by atoms with Gasteiger partial charge in [0.05, 0.1) is 0 Å². The lowest BCUT2D eigenvalue weighted by Crippen LogP contribution is -2.19. The van der Waals surface area contributed by atoms with Gasteiger partial charge in [-0.15, -0.1) is 0 Å². The normalized spacial score (nSPS) is 16.0. The number of hydrogen-bond acceptors (Lipinski definition) is 1. The van der Waals surface area contributed by atoms with E-state index in [0.717, 1.165) is 12.1 Å². The summed E-state index contributed by atoms with van der Waals surface area (Å²) in [5.41, 5.74) is 12.8. The maximum Gasteiger partial charge on any atom is 0.0464 e. The lowest BCUT2D eigenvalue weighted by Gasteiger charge is -2.31. The van der Waals surface area contributed by atoms with E-state index in [1.807, 2.05) is 0 Å². The molecule has 2 aliphatic rings. The highest BCUT2D eigenvalue weighted by atomic mass is 15.1. The predicted molar refractivity (Wildman–Crippen MR) is 204 cm³/mol. The molecule has 230 valence electrons. The van der Waals surface area contributed by atoms with Crippen LogP contribution >= 0.6 is 0 Å². The van der Waals surface area contributed by atoms with Crippen molar-refractivity contribution in [1.82, 2.24) is 0 Å². The number of rotatable bonds is 5. The van der Waals surface area contributed by atoms with Gasteiger partial charge < -0.3 is 4.90 Å². The molecule has 1 atom stereocenters. The molecule has 48 heavy (non-hydrogen) atoms. The molecule has 1 heteroatoms. The Morgan fingerprint density at radius 3 is 1.90 bits per heavy atom. The van der Waals surface area contributed by atoms with Gasteiger partial charge in [-0.1, -0.05) is 147 Å². The highest BCUT2D eigenvalue weighted by Crippen LogP contribution is 2.50. The van der Waals surface area contributed by atoms with Crippen molar-refractivity contribution in [2.24, 2.45) is 0 Å². The molecule has 0 aliphatic heterocycles. The third kappa shape index (κ3) is 4.61. The lowest BCUT2D eigenvalue weighted by atomic mass is 9.82. The zero-order valence-electron chi connectivity index (χ0n) is 27.4. The molecule has 0 bridgehead atoms. The summed E-state index contributed by atoms with van der Waals surface area (Å²) in [7, 11) is 0. The Balaban J connectivity index is 1.16. The van der Waals surface area contributed by atoms with Crippen molar-refractivity contribution in [3.05, 3.63) is 192 Å². The number of fused-ring (bicyclic) bond motifs is 5. The SMILES string of the molecule is CC1(C)c2ccccc2-c2ccc(N(C3=CCC(c4ccccc4)C=C3)c3ccc(-c4c5ccccc5cc5ccccc45)cc3)cc21. The fourth-order valence-electron chi connectivity index (χ4n) is 8.10. The highest BCUT2D eigenvalue weighted by molar-refractivity contribution is 6.12. The first-order chi connectivity index (χ1) is 23.6. The van der Waals surface area contributed by atoms with Crippen LogP contribution in [0.5, 0.6) is 0 Å². The summed E-state index contributed by atoms with van der Waals surface area (Å²) in [4.78, 5) is 2.45. The number of allylic oxidation sites excluding steroid dienone is 3. The van der Waals surface area contributed by atoms with Gasteiger partial charge in [0.25, 0.3) is 0 Å². The molecule has 0 radical (unpaired) electrons. The standard InChI is InChI=1S/C47H37N/c1-47(2)44-19-11-10-18-42(44)43-29-28-39(31-45(43)47)48(37-24-20-33(21-25-37)32-12-4-3-5-13-32)38-26-22-34(23-27-38)46-40-16-8-6-14-35(40)30-36-15-7-9-17-41(36)46/h3-20,22-31,33H,21H2,1-2H3. The second-order valence-corrected chi connectivity index (χ2v) is 13.7. The van der Waals surface area contributed by atoms with Crippen molar-refractivity contribution < 1.29 is 0 Å². The summed E-state index contributed by atoms with van der Waals surface area (Å²) in [6.07, 6.45) is 8.08. The molecule has 1 nitrogen and oxygen atoms in total. The quantitative estimate of drug-likeness (QED) is 0.174. The molecule has 2 aliphatic carbocycles. The Bertz CT molecular complexity index is 2340. The Morgan fingerprint density at radius 1 is 0.562 bits per heavy atom. The molecule has 7 aromatic carbocycles. The number of nitrogens with zero attached hydrogens (tertiary/aromatic N) is 1. The Labute approximate surface area is 283 Å². The number of hydrogen-bond donors (Lipinski definition) is 0. The molecule has 0 saturated heterocycles. The van der Waals surface area contributed by atoms with E-state index >= 15 is 0 Å². The summed E-state index contributed by atoms with van der Waals surface area (Å²) >= 11 is 0. The van der Waals surface area contributed by atoms with Gasteiger partial charge in [0.1, 0.15) is 0 Å². The molecular weight excluding hydrogens is 579 g/mol. The first kappa shape index (κ1) is 28.6. The van der Waals surface area contributed by atoms with E-state index in [2.05, 4.69) is 189 Å². The van der Waals surface area contributed by atoms with Crippen molar-refractivity contribution in [3.63, 3.8) is 0 Å². The molecule has 9 rings (SSSR count). The van der Waals surface area contributed by atoms with Gasteiger partial charge in [-0.25, -0.2) is 0 Å². The highest BCUT2D eigenvalue weighted by Gasteiger charge is 2.35. The van der Waals surface area contributed by atoms with E-state index in [1.54, 1.807) is 0 Å². The summed E-state index contributed by atoms with van der Waals surface area (Å²) in [5, 5.41) is 5.10. The van der Waals surface area contributed by atoms with Crippen LogP contribution in [0.2, 0.25) is 0 Å². The minimum atomic E-state index is -0.0674. The van der Waals surface area contributed by atoms with Crippen molar-refractivity contribution in [3.8, 4) is 22.3 Å². The van der Waals surface area contributed by atoms with Crippen molar-refractivity contribution in [2.75, 3.05) is 4.90 Å². The minimum Gasteiger partial charge on any atom is -0.311 e. The van der Waals surface area contributed by atoms with Crippen LogP contribution in [0.3, 0.4) is 0 Å². The first-order valence-electron chi connectivity index (χ1n) is 17.0. The molecule has 0 amide bonds. The number of benzene rings is 7. The monoisotopic (exact) mass is 615 g/mol. The van der Waals surface area contributed by atoms with Crippen LogP contribution in [-0.4, -0.2) is 0 Å². The van der Waals surface area contributed by atoms with Crippen LogP contribution in [0, 0.1) is 0 Å². The van der Waals surface area contributed by atoms with Gasteiger partial charge in [0, 0.05) is 28.4 Å². The summed E-state index contributed by atoms with van der Waals surface area (Å²) in [5.74, 6) is 0.382. The van der Waals surface area contributed by atoms with Gasteiger partial charge >= 0.3 is 0 Å². The average molecular weight is 616 g/mol. The molecule has 7 aromatic rings. The van der Waals surface area contributed by atoms with E-state index in [9.17, 15) is 0 Å². The molecule has 0 aromatic heterocycles. The van der Waals surface area contributed by atoms with Crippen molar-refractivity contribution in [2.45, 2.75) is 31.6 Å². The van der Waals surface area contributed by atoms with E-state index in [0.29, 0.717) is 5.92 Å². The van der Waals surface area contributed by atoms with Crippen LogP contribution in [0.15, 0.2) is 176 Å². The number of anilines is 2. The molecule has 0 fully saturated rings. The second-order valence-electron chi connectivity index (χ2n) is 13.7. The molecule has 0 spiro atoms. The summed E-state index contributed by atoms with van der Waals surface area (Å²) < 4.78 is 0. The van der Waals surface area contributed by atoms with E-state index < -0.39 is 0 Å². The van der Waals surface area contributed by atoms with Crippen LogP contribution < -0.4 is 4.90 Å². The Hall–Kier alpha value is -5.66. The van der Waals surface area contributed by atoms with Crippen LogP contribution in [0.1, 0.15) is 42.9 Å². The maximum atomic E-state index is 2.45. The lowest BCUT2D eigenvalue weighted by molar-refractivity contribution is 0.660. The zero-order chi connectivity index (χ0) is 32.2. The second kappa shape index (κ2) is 11.2. The van der Waals surface area contributed by atoms with Crippen molar-refractivity contribution >= 4 is 32.9 Å². The molecule has 0 heterocycles. The Kier molecular flexibility index (Phi) is 6.69. The molecule has 1 unspecified atom stereocenters. The van der Waals surface area contributed by atoms with Gasteiger partial charge in [-0.05, 0) is 103 Å². The summed E-state index contributed by atoms with van der Waals surface area (Å²) in [6, 6.07) is 55.8. The third-order valence-electron chi connectivity index (χ3n) is 10.6. The average Bonchev–Trinajstić information content (AvgIpc) is 3.37. The topological polar surface area (TPSA) is 3.24 Å². The first-order valence-corrected chi connectivity index (χ1v) is 17.0. The van der Waals surface area contributed by atoms with E-state index in [1.165, 1.54) is 71.9 Å². The van der Waals surface area contributed by atoms with Crippen LogP contribution in [0.25, 0.3) is 43.8 Å². The third-order valence-corrected chi connectivity index (χ3v) is 10.6. The van der Waals surface area contributed by atoms with Gasteiger partial charge in [-0.2, -0.15) is 0 Å².